The van der Waals surface area contributed by atoms with Crippen LogP contribution in [-0.4, -0.2) is 23.6 Å². The van der Waals surface area contributed by atoms with Gasteiger partial charge in [0, 0.05) is 11.5 Å². The first-order chi connectivity index (χ1) is 7.51. The van der Waals surface area contributed by atoms with E-state index in [0.29, 0.717) is 17.5 Å². The van der Waals surface area contributed by atoms with Gasteiger partial charge in [0.1, 0.15) is 0 Å². The average molecular weight is 242 g/mol. The Morgan fingerprint density at radius 2 is 1.88 bits per heavy atom. The average Bonchev–Trinajstić information content (AvgIpc) is 2.29. The second-order valence-corrected chi connectivity index (χ2v) is 5.84. The summed E-state index contributed by atoms with van der Waals surface area (Å²) in [4.78, 5) is 20.9. The number of ether oxygens (including phenoxy) is 1. The standard InChI is InChI=1S/C11H15O4P/c1-3-15-11(12)9-5-7-10(8-6-9)16(13,14)4-2/h5-8H,3-4H2,1-2H3,(H,13,14). The van der Waals surface area contributed by atoms with Crippen molar-refractivity contribution in [1.29, 1.82) is 0 Å². The lowest BCUT2D eigenvalue weighted by Gasteiger charge is -2.09. The molecule has 0 aromatic heterocycles. The maximum absolute atomic E-state index is 11.6. The van der Waals surface area contributed by atoms with Crippen LogP contribution in [-0.2, 0) is 9.30 Å². The zero-order valence-electron chi connectivity index (χ0n) is 9.34. The summed E-state index contributed by atoms with van der Waals surface area (Å²) in [5.41, 5.74) is 0.390. The van der Waals surface area contributed by atoms with Crippen molar-refractivity contribution < 1.29 is 19.0 Å². The van der Waals surface area contributed by atoms with E-state index < -0.39 is 13.3 Å². The normalized spacial score (nSPS) is 14.2. The minimum Gasteiger partial charge on any atom is -0.462 e. The summed E-state index contributed by atoms with van der Waals surface area (Å²) >= 11 is 0. The Hall–Kier alpha value is -1.12. The lowest BCUT2D eigenvalue weighted by atomic mass is 10.2. The van der Waals surface area contributed by atoms with E-state index in [4.69, 9.17) is 4.74 Å². The fraction of sp³-hybridized carbons (Fsp3) is 0.364. The van der Waals surface area contributed by atoms with Gasteiger partial charge in [0.15, 0.2) is 0 Å². The molecule has 0 radical (unpaired) electrons. The molecule has 0 spiro atoms. The van der Waals surface area contributed by atoms with E-state index in [1.54, 1.807) is 13.8 Å². The van der Waals surface area contributed by atoms with Gasteiger partial charge in [0.05, 0.1) is 12.2 Å². The Labute approximate surface area is 94.7 Å². The van der Waals surface area contributed by atoms with E-state index >= 15 is 0 Å². The summed E-state index contributed by atoms with van der Waals surface area (Å²) in [6.45, 7) is 3.69. The van der Waals surface area contributed by atoms with Gasteiger partial charge in [-0.2, -0.15) is 0 Å². The van der Waals surface area contributed by atoms with E-state index in [1.165, 1.54) is 24.3 Å². The summed E-state index contributed by atoms with van der Waals surface area (Å²) in [6.07, 6.45) is 0.186. The molecule has 0 bridgehead atoms. The zero-order chi connectivity index (χ0) is 12.2. The van der Waals surface area contributed by atoms with E-state index in [-0.39, 0.29) is 6.16 Å². The summed E-state index contributed by atoms with van der Waals surface area (Å²) in [5.74, 6) is -0.418. The van der Waals surface area contributed by atoms with E-state index in [0.717, 1.165) is 0 Å². The Morgan fingerprint density at radius 1 is 1.31 bits per heavy atom. The molecule has 0 saturated carbocycles. The minimum absolute atomic E-state index is 0.186. The van der Waals surface area contributed by atoms with Crippen molar-refractivity contribution in [1.82, 2.24) is 0 Å². The van der Waals surface area contributed by atoms with E-state index in [1.807, 2.05) is 0 Å². The molecule has 0 heterocycles. The quantitative estimate of drug-likeness (QED) is 0.645. The molecule has 1 rings (SSSR count). The van der Waals surface area contributed by atoms with Crippen molar-refractivity contribution in [2.45, 2.75) is 13.8 Å². The number of carbonyl (C=O) groups excluding carboxylic acids is 1. The highest BCUT2D eigenvalue weighted by Crippen LogP contribution is 2.38. The first kappa shape index (κ1) is 12.9. The molecule has 0 fully saturated rings. The largest absolute Gasteiger partial charge is 0.462 e. The SMILES string of the molecule is CCOC(=O)c1ccc(P(=O)(O)CC)cc1. The molecule has 0 saturated heterocycles. The molecule has 1 atom stereocenters. The van der Waals surface area contributed by atoms with Crippen LogP contribution < -0.4 is 5.30 Å². The molecule has 0 amide bonds. The smallest absolute Gasteiger partial charge is 0.338 e. The van der Waals surface area contributed by atoms with Crippen molar-refractivity contribution in [3.63, 3.8) is 0 Å². The second kappa shape index (κ2) is 5.28. The summed E-state index contributed by atoms with van der Waals surface area (Å²) < 4.78 is 16.4. The number of hydrogen-bond donors (Lipinski definition) is 1. The third-order valence-corrected chi connectivity index (χ3v) is 4.17. The van der Waals surface area contributed by atoms with Crippen molar-refractivity contribution in [3.05, 3.63) is 29.8 Å². The van der Waals surface area contributed by atoms with Gasteiger partial charge in [-0.15, -0.1) is 0 Å². The topological polar surface area (TPSA) is 63.6 Å². The van der Waals surface area contributed by atoms with E-state index in [9.17, 15) is 14.3 Å². The van der Waals surface area contributed by atoms with Crippen molar-refractivity contribution in [2.24, 2.45) is 0 Å². The first-order valence-corrected chi connectivity index (χ1v) is 6.95. The van der Waals surface area contributed by atoms with Crippen LogP contribution in [0.4, 0.5) is 0 Å². The maximum Gasteiger partial charge on any atom is 0.338 e. The number of benzene rings is 1. The van der Waals surface area contributed by atoms with Crippen LogP contribution in [0.2, 0.25) is 0 Å². The van der Waals surface area contributed by atoms with Gasteiger partial charge >= 0.3 is 5.97 Å². The molecular weight excluding hydrogens is 227 g/mol. The van der Waals surface area contributed by atoms with Gasteiger partial charge in [0.25, 0.3) is 0 Å². The zero-order valence-corrected chi connectivity index (χ0v) is 10.2. The van der Waals surface area contributed by atoms with Crippen LogP contribution in [0.5, 0.6) is 0 Å². The molecule has 16 heavy (non-hydrogen) atoms. The van der Waals surface area contributed by atoms with Crippen molar-refractivity contribution in [3.8, 4) is 0 Å². The number of hydrogen-bond acceptors (Lipinski definition) is 3. The van der Waals surface area contributed by atoms with Crippen LogP contribution in [0.25, 0.3) is 0 Å². The molecule has 0 aliphatic rings. The Kier molecular flexibility index (Phi) is 4.27. The van der Waals surface area contributed by atoms with Gasteiger partial charge in [-0.05, 0) is 31.2 Å². The highest BCUT2D eigenvalue weighted by molar-refractivity contribution is 7.66. The number of esters is 1. The van der Waals surface area contributed by atoms with Crippen LogP contribution >= 0.6 is 7.37 Å². The van der Waals surface area contributed by atoms with Gasteiger partial charge in [-0.1, -0.05) is 6.92 Å². The Morgan fingerprint density at radius 3 is 2.31 bits per heavy atom. The van der Waals surface area contributed by atoms with Crippen LogP contribution in [0, 0.1) is 0 Å². The molecule has 4 nitrogen and oxygen atoms in total. The van der Waals surface area contributed by atoms with Crippen LogP contribution in [0.1, 0.15) is 24.2 Å². The Balaban J connectivity index is 2.91. The summed E-state index contributed by atoms with van der Waals surface area (Å²) in [7, 11) is -3.24. The predicted molar refractivity (Wildman–Crippen MR) is 62.4 cm³/mol. The van der Waals surface area contributed by atoms with Crippen molar-refractivity contribution in [2.75, 3.05) is 12.8 Å². The minimum atomic E-state index is -3.24. The van der Waals surface area contributed by atoms with Crippen LogP contribution in [0.3, 0.4) is 0 Å². The highest BCUT2D eigenvalue weighted by atomic mass is 31.2. The fourth-order valence-corrected chi connectivity index (χ4v) is 2.21. The number of carbonyl (C=O) groups is 1. The van der Waals surface area contributed by atoms with Gasteiger partial charge in [-0.3, -0.25) is 4.57 Å². The van der Waals surface area contributed by atoms with Gasteiger partial charge in [0.2, 0.25) is 7.37 Å². The fourth-order valence-electron chi connectivity index (χ4n) is 1.23. The van der Waals surface area contributed by atoms with Crippen LogP contribution in [0.15, 0.2) is 24.3 Å². The molecule has 0 aliphatic heterocycles. The second-order valence-electron chi connectivity index (χ2n) is 3.29. The lowest BCUT2D eigenvalue weighted by molar-refractivity contribution is 0.0526. The van der Waals surface area contributed by atoms with Gasteiger partial charge in [-0.25, -0.2) is 4.79 Å². The molecule has 5 heteroatoms. The predicted octanol–water partition coefficient (Wildman–Crippen LogP) is 1.78. The maximum atomic E-state index is 11.6. The first-order valence-electron chi connectivity index (χ1n) is 5.10. The molecule has 1 unspecified atom stereocenters. The molecular formula is C11H15O4P. The van der Waals surface area contributed by atoms with Crippen molar-refractivity contribution >= 4 is 18.6 Å². The number of rotatable bonds is 4. The lowest BCUT2D eigenvalue weighted by Crippen LogP contribution is -2.09. The Bertz CT molecular complexity index is 410. The molecule has 0 aliphatic carbocycles. The molecule has 1 N–H and O–H groups in total. The monoisotopic (exact) mass is 242 g/mol. The summed E-state index contributed by atoms with van der Waals surface area (Å²) in [5, 5.41) is 0.364. The van der Waals surface area contributed by atoms with E-state index in [2.05, 4.69) is 0 Å². The summed E-state index contributed by atoms with van der Waals surface area (Å²) in [6, 6.07) is 6.00. The highest BCUT2D eigenvalue weighted by Gasteiger charge is 2.18. The third-order valence-electron chi connectivity index (χ3n) is 2.21. The molecule has 1 aromatic rings. The van der Waals surface area contributed by atoms with Gasteiger partial charge < -0.3 is 9.63 Å². The molecule has 88 valence electrons. The third kappa shape index (κ3) is 2.94. The molecule has 1 aromatic carbocycles.